The van der Waals surface area contributed by atoms with E-state index in [4.69, 9.17) is 0 Å². The minimum atomic E-state index is 0.773. The van der Waals surface area contributed by atoms with Crippen molar-refractivity contribution in [2.45, 2.75) is 25.3 Å². The van der Waals surface area contributed by atoms with Crippen molar-refractivity contribution in [3.63, 3.8) is 0 Å². The fraction of sp³-hybridized carbons (Fsp3) is 0.571. The number of rotatable bonds is 3. The monoisotopic (exact) mass is 218 g/mol. The number of piperidine rings is 1. The number of nitrogens with one attached hydrogen (secondary N) is 1. The van der Waals surface area contributed by atoms with Gasteiger partial charge in [0, 0.05) is 6.54 Å². The third kappa shape index (κ3) is 3.06. The molecule has 16 heavy (non-hydrogen) atoms. The lowest BCUT2D eigenvalue weighted by molar-refractivity contribution is 0.402. The van der Waals surface area contributed by atoms with Crippen molar-refractivity contribution >= 4 is 0 Å². The molecule has 88 valence electrons. The SMILES string of the molecule is CN(C)Cc1ccc(C2CCNCC2)cc1. The Balaban J connectivity index is 2.00. The largest absolute Gasteiger partial charge is 0.317 e. The van der Waals surface area contributed by atoms with Crippen molar-refractivity contribution in [1.29, 1.82) is 0 Å². The highest BCUT2D eigenvalue weighted by atomic mass is 15.0. The topological polar surface area (TPSA) is 15.3 Å². The summed E-state index contributed by atoms with van der Waals surface area (Å²) in [6, 6.07) is 9.18. The second kappa shape index (κ2) is 5.46. The van der Waals surface area contributed by atoms with Gasteiger partial charge in [-0.3, -0.25) is 0 Å². The van der Waals surface area contributed by atoms with E-state index in [2.05, 4.69) is 48.6 Å². The van der Waals surface area contributed by atoms with Gasteiger partial charge in [-0.15, -0.1) is 0 Å². The summed E-state index contributed by atoms with van der Waals surface area (Å²) in [5.41, 5.74) is 2.92. The van der Waals surface area contributed by atoms with Gasteiger partial charge in [0.25, 0.3) is 0 Å². The molecule has 0 bridgehead atoms. The molecule has 0 aromatic heterocycles. The lowest BCUT2D eigenvalue weighted by atomic mass is 9.90. The molecule has 1 aromatic carbocycles. The molecule has 1 aromatic rings. The van der Waals surface area contributed by atoms with Crippen molar-refractivity contribution in [2.75, 3.05) is 27.2 Å². The summed E-state index contributed by atoms with van der Waals surface area (Å²) in [4.78, 5) is 2.21. The van der Waals surface area contributed by atoms with Crippen LogP contribution in [0.2, 0.25) is 0 Å². The van der Waals surface area contributed by atoms with Gasteiger partial charge in [0.05, 0.1) is 0 Å². The number of benzene rings is 1. The van der Waals surface area contributed by atoms with Gasteiger partial charge in [-0.1, -0.05) is 24.3 Å². The lowest BCUT2D eigenvalue weighted by Crippen LogP contribution is -2.26. The van der Waals surface area contributed by atoms with Gasteiger partial charge in [0.1, 0.15) is 0 Å². The zero-order chi connectivity index (χ0) is 11.4. The van der Waals surface area contributed by atoms with E-state index in [9.17, 15) is 0 Å². The molecule has 0 radical (unpaired) electrons. The van der Waals surface area contributed by atoms with Crippen LogP contribution in [-0.2, 0) is 6.54 Å². The Morgan fingerprint density at radius 1 is 1.12 bits per heavy atom. The van der Waals surface area contributed by atoms with Crippen LogP contribution in [0.4, 0.5) is 0 Å². The number of hydrogen-bond donors (Lipinski definition) is 1. The smallest absolute Gasteiger partial charge is 0.0227 e. The van der Waals surface area contributed by atoms with Gasteiger partial charge in [-0.05, 0) is 57.1 Å². The second-order valence-electron chi connectivity index (χ2n) is 5.00. The predicted octanol–water partition coefficient (Wildman–Crippen LogP) is 2.22. The third-order valence-electron chi connectivity index (χ3n) is 3.29. The Bertz CT molecular complexity index is 310. The summed E-state index contributed by atoms with van der Waals surface area (Å²) >= 11 is 0. The molecular formula is C14H22N2. The van der Waals surface area contributed by atoms with E-state index in [1.807, 2.05) is 0 Å². The summed E-state index contributed by atoms with van der Waals surface area (Å²) < 4.78 is 0. The maximum atomic E-state index is 3.42. The molecule has 0 amide bonds. The summed E-state index contributed by atoms with van der Waals surface area (Å²) in [6.07, 6.45) is 2.57. The van der Waals surface area contributed by atoms with E-state index < -0.39 is 0 Å². The molecule has 0 spiro atoms. The van der Waals surface area contributed by atoms with E-state index in [1.54, 1.807) is 0 Å². The van der Waals surface area contributed by atoms with Gasteiger partial charge in [-0.25, -0.2) is 0 Å². The van der Waals surface area contributed by atoms with Crippen molar-refractivity contribution < 1.29 is 0 Å². The molecule has 1 heterocycles. The van der Waals surface area contributed by atoms with Gasteiger partial charge in [0.2, 0.25) is 0 Å². The summed E-state index contributed by atoms with van der Waals surface area (Å²) in [5.74, 6) is 0.773. The Hall–Kier alpha value is -0.860. The van der Waals surface area contributed by atoms with Crippen LogP contribution in [0.5, 0.6) is 0 Å². The Kier molecular flexibility index (Phi) is 3.97. The molecule has 1 saturated heterocycles. The highest BCUT2D eigenvalue weighted by Crippen LogP contribution is 2.25. The first-order valence-electron chi connectivity index (χ1n) is 6.20. The van der Waals surface area contributed by atoms with Crippen molar-refractivity contribution in [1.82, 2.24) is 10.2 Å². The highest BCUT2D eigenvalue weighted by molar-refractivity contribution is 5.25. The minimum absolute atomic E-state index is 0.773. The van der Waals surface area contributed by atoms with Gasteiger partial charge < -0.3 is 10.2 Å². The average molecular weight is 218 g/mol. The normalized spacial score (nSPS) is 17.9. The van der Waals surface area contributed by atoms with Crippen LogP contribution in [0, 0.1) is 0 Å². The molecule has 0 aliphatic carbocycles. The molecule has 1 aliphatic heterocycles. The fourth-order valence-electron chi connectivity index (χ4n) is 2.42. The van der Waals surface area contributed by atoms with E-state index in [0.717, 1.165) is 12.5 Å². The predicted molar refractivity (Wildman–Crippen MR) is 68.7 cm³/mol. The van der Waals surface area contributed by atoms with Crippen LogP contribution >= 0.6 is 0 Å². The quantitative estimate of drug-likeness (QED) is 0.837. The molecule has 2 nitrogen and oxygen atoms in total. The Morgan fingerprint density at radius 2 is 1.75 bits per heavy atom. The molecule has 2 heteroatoms. The van der Waals surface area contributed by atoms with Crippen molar-refractivity contribution in [3.8, 4) is 0 Å². The molecule has 1 fully saturated rings. The average Bonchev–Trinajstić information content (AvgIpc) is 2.30. The van der Waals surface area contributed by atoms with Gasteiger partial charge in [0.15, 0.2) is 0 Å². The first-order chi connectivity index (χ1) is 7.75. The van der Waals surface area contributed by atoms with E-state index in [0.29, 0.717) is 0 Å². The van der Waals surface area contributed by atoms with E-state index in [1.165, 1.54) is 37.1 Å². The molecular weight excluding hydrogens is 196 g/mol. The van der Waals surface area contributed by atoms with Crippen LogP contribution < -0.4 is 5.32 Å². The van der Waals surface area contributed by atoms with Crippen LogP contribution in [0.3, 0.4) is 0 Å². The first-order valence-corrected chi connectivity index (χ1v) is 6.20. The number of nitrogens with zero attached hydrogens (tertiary/aromatic N) is 1. The Morgan fingerprint density at radius 3 is 2.31 bits per heavy atom. The van der Waals surface area contributed by atoms with Crippen LogP contribution in [0.15, 0.2) is 24.3 Å². The van der Waals surface area contributed by atoms with Gasteiger partial charge in [-0.2, -0.15) is 0 Å². The summed E-state index contributed by atoms with van der Waals surface area (Å²) in [7, 11) is 4.22. The third-order valence-corrected chi connectivity index (χ3v) is 3.29. The van der Waals surface area contributed by atoms with Crippen molar-refractivity contribution in [2.24, 2.45) is 0 Å². The number of hydrogen-bond acceptors (Lipinski definition) is 2. The zero-order valence-corrected chi connectivity index (χ0v) is 10.4. The molecule has 0 saturated carbocycles. The van der Waals surface area contributed by atoms with E-state index >= 15 is 0 Å². The van der Waals surface area contributed by atoms with Crippen molar-refractivity contribution in [3.05, 3.63) is 35.4 Å². The maximum Gasteiger partial charge on any atom is 0.0227 e. The minimum Gasteiger partial charge on any atom is -0.317 e. The van der Waals surface area contributed by atoms with E-state index in [-0.39, 0.29) is 0 Å². The zero-order valence-electron chi connectivity index (χ0n) is 10.4. The lowest BCUT2D eigenvalue weighted by Gasteiger charge is -2.23. The van der Waals surface area contributed by atoms with Crippen LogP contribution in [-0.4, -0.2) is 32.1 Å². The first kappa shape index (κ1) is 11.6. The fourth-order valence-corrected chi connectivity index (χ4v) is 2.42. The van der Waals surface area contributed by atoms with Crippen LogP contribution in [0.1, 0.15) is 29.9 Å². The molecule has 0 atom stereocenters. The molecule has 1 aliphatic rings. The standard InChI is InChI=1S/C14H22N2/c1-16(2)11-12-3-5-13(6-4-12)14-7-9-15-10-8-14/h3-6,14-15H,7-11H2,1-2H3. The maximum absolute atomic E-state index is 3.42. The second-order valence-corrected chi connectivity index (χ2v) is 5.00. The summed E-state index contributed by atoms with van der Waals surface area (Å²) in [5, 5.41) is 3.42. The molecule has 0 unspecified atom stereocenters. The Labute approximate surface area is 98.7 Å². The molecule has 1 N–H and O–H groups in total. The summed E-state index contributed by atoms with van der Waals surface area (Å²) in [6.45, 7) is 3.38. The van der Waals surface area contributed by atoms with Crippen LogP contribution in [0.25, 0.3) is 0 Å². The highest BCUT2D eigenvalue weighted by Gasteiger charge is 2.14. The molecule has 2 rings (SSSR count). The van der Waals surface area contributed by atoms with Gasteiger partial charge >= 0.3 is 0 Å².